The van der Waals surface area contributed by atoms with Gasteiger partial charge in [0.1, 0.15) is 0 Å². The third kappa shape index (κ3) is 5.84. The highest BCUT2D eigenvalue weighted by Crippen LogP contribution is 2.30. The first kappa shape index (κ1) is 23.2. The van der Waals surface area contributed by atoms with Crippen molar-refractivity contribution >= 4 is 15.9 Å². The Labute approximate surface area is 179 Å². The van der Waals surface area contributed by atoms with Crippen molar-refractivity contribution in [1.29, 1.82) is 0 Å². The number of sulfonamides is 1. The standard InChI is InChI=1S/C21H24F3N3O3S/c1-16(17-5-3-2-4-6-17)25-20(28)15-26-11-13-27(14-12-26)31(29,30)19-9-7-18(8-10-19)21(22,23)24/h2-10,16H,11-15H2,1H3,(H,25,28). The van der Waals surface area contributed by atoms with Crippen LogP contribution >= 0.6 is 0 Å². The zero-order valence-electron chi connectivity index (χ0n) is 17.0. The van der Waals surface area contributed by atoms with Crippen LogP contribution in [0.3, 0.4) is 0 Å². The van der Waals surface area contributed by atoms with Gasteiger partial charge in [0.05, 0.1) is 23.0 Å². The lowest BCUT2D eigenvalue weighted by atomic mass is 10.1. The highest BCUT2D eigenvalue weighted by atomic mass is 32.2. The van der Waals surface area contributed by atoms with Gasteiger partial charge in [0.25, 0.3) is 0 Å². The number of hydrogen-bond donors (Lipinski definition) is 1. The van der Waals surface area contributed by atoms with Crippen molar-refractivity contribution in [2.45, 2.75) is 24.0 Å². The Kier molecular flexibility index (Phi) is 7.03. The number of carbonyl (C=O) groups excluding carboxylic acids is 1. The molecule has 1 amide bonds. The van der Waals surface area contributed by atoms with E-state index in [0.717, 1.165) is 29.8 Å². The Balaban J connectivity index is 1.53. The molecule has 3 rings (SSSR count). The number of halogens is 3. The molecule has 10 heteroatoms. The van der Waals surface area contributed by atoms with Gasteiger partial charge in [-0.05, 0) is 36.8 Å². The summed E-state index contributed by atoms with van der Waals surface area (Å²) in [4.78, 5) is 14.0. The summed E-state index contributed by atoms with van der Waals surface area (Å²) >= 11 is 0. The van der Waals surface area contributed by atoms with Crippen LogP contribution in [0, 0.1) is 0 Å². The predicted molar refractivity (Wildman–Crippen MR) is 110 cm³/mol. The van der Waals surface area contributed by atoms with Crippen molar-refractivity contribution in [3.05, 3.63) is 65.7 Å². The van der Waals surface area contributed by atoms with Gasteiger partial charge in [-0.1, -0.05) is 30.3 Å². The second-order valence-electron chi connectivity index (χ2n) is 7.40. The maximum atomic E-state index is 12.7. The third-order valence-electron chi connectivity index (χ3n) is 5.19. The first-order chi connectivity index (χ1) is 14.6. The van der Waals surface area contributed by atoms with Crippen molar-refractivity contribution in [2.75, 3.05) is 32.7 Å². The molecule has 1 N–H and O–H groups in total. The number of hydrogen-bond acceptors (Lipinski definition) is 4. The van der Waals surface area contributed by atoms with Crippen molar-refractivity contribution in [3.8, 4) is 0 Å². The fourth-order valence-electron chi connectivity index (χ4n) is 3.41. The molecule has 0 spiro atoms. The minimum atomic E-state index is -4.52. The van der Waals surface area contributed by atoms with Crippen LogP contribution < -0.4 is 5.32 Å². The number of nitrogens with one attached hydrogen (secondary N) is 1. The van der Waals surface area contributed by atoms with Gasteiger partial charge in [0, 0.05) is 26.2 Å². The molecule has 31 heavy (non-hydrogen) atoms. The van der Waals surface area contributed by atoms with Gasteiger partial charge >= 0.3 is 6.18 Å². The van der Waals surface area contributed by atoms with Gasteiger partial charge in [0.2, 0.25) is 15.9 Å². The van der Waals surface area contributed by atoms with Crippen molar-refractivity contribution in [3.63, 3.8) is 0 Å². The van der Waals surface area contributed by atoms with E-state index in [1.54, 1.807) is 0 Å². The first-order valence-corrected chi connectivity index (χ1v) is 11.3. The summed E-state index contributed by atoms with van der Waals surface area (Å²) in [5.74, 6) is -0.157. The first-order valence-electron chi connectivity index (χ1n) is 9.81. The molecule has 0 saturated carbocycles. The molecule has 0 bridgehead atoms. The Morgan fingerprint density at radius 1 is 1.00 bits per heavy atom. The van der Waals surface area contributed by atoms with E-state index in [1.807, 2.05) is 42.2 Å². The van der Waals surface area contributed by atoms with E-state index in [0.29, 0.717) is 13.1 Å². The van der Waals surface area contributed by atoms with E-state index in [-0.39, 0.29) is 36.5 Å². The molecule has 0 aliphatic carbocycles. The van der Waals surface area contributed by atoms with Gasteiger partial charge in [0.15, 0.2) is 0 Å². The molecule has 1 aliphatic rings. The van der Waals surface area contributed by atoms with E-state index < -0.39 is 21.8 Å². The van der Waals surface area contributed by atoms with E-state index in [4.69, 9.17) is 0 Å². The van der Waals surface area contributed by atoms with Crippen molar-refractivity contribution in [1.82, 2.24) is 14.5 Å². The molecule has 2 aromatic carbocycles. The second-order valence-corrected chi connectivity index (χ2v) is 9.34. The number of carbonyl (C=O) groups is 1. The van der Waals surface area contributed by atoms with Crippen molar-refractivity contribution < 1.29 is 26.4 Å². The monoisotopic (exact) mass is 455 g/mol. The number of piperazine rings is 1. The number of nitrogens with zero attached hydrogens (tertiary/aromatic N) is 2. The highest BCUT2D eigenvalue weighted by Gasteiger charge is 2.32. The SMILES string of the molecule is CC(NC(=O)CN1CCN(S(=O)(=O)c2ccc(C(F)(F)F)cc2)CC1)c1ccccc1. The summed E-state index contributed by atoms with van der Waals surface area (Å²) in [5, 5.41) is 2.92. The van der Waals surface area contributed by atoms with Gasteiger partial charge in [-0.25, -0.2) is 8.42 Å². The fraction of sp³-hybridized carbons (Fsp3) is 0.381. The summed E-state index contributed by atoms with van der Waals surface area (Å²) in [7, 11) is -3.89. The average Bonchev–Trinajstić information content (AvgIpc) is 2.74. The summed E-state index contributed by atoms with van der Waals surface area (Å²) in [6.45, 7) is 3.06. The summed E-state index contributed by atoms with van der Waals surface area (Å²) in [6.07, 6.45) is -4.52. The van der Waals surface area contributed by atoms with E-state index in [1.165, 1.54) is 4.31 Å². The van der Waals surface area contributed by atoms with Gasteiger partial charge in [-0.3, -0.25) is 9.69 Å². The molecule has 0 aromatic heterocycles. The zero-order valence-corrected chi connectivity index (χ0v) is 17.8. The van der Waals surface area contributed by atoms with Gasteiger partial charge in [-0.2, -0.15) is 17.5 Å². The average molecular weight is 456 g/mol. The van der Waals surface area contributed by atoms with Crippen LogP contribution in [-0.2, 0) is 21.0 Å². The van der Waals surface area contributed by atoms with E-state index in [2.05, 4.69) is 5.32 Å². The Morgan fingerprint density at radius 2 is 1.58 bits per heavy atom. The molecule has 1 atom stereocenters. The molecule has 1 saturated heterocycles. The maximum absolute atomic E-state index is 12.7. The normalized spacial score (nSPS) is 17.3. The van der Waals surface area contributed by atoms with Gasteiger partial charge < -0.3 is 5.32 Å². The summed E-state index contributed by atoms with van der Waals surface area (Å²) in [6, 6.07) is 12.9. The molecular formula is C21H24F3N3O3S. The topological polar surface area (TPSA) is 69.7 Å². The van der Waals surface area contributed by atoms with Crippen molar-refractivity contribution in [2.24, 2.45) is 0 Å². The minimum Gasteiger partial charge on any atom is -0.348 e. The lowest BCUT2D eigenvalue weighted by molar-refractivity contribution is -0.137. The number of alkyl halides is 3. The molecule has 1 unspecified atom stereocenters. The van der Waals surface area contributed by atoms with E-state index >= 15 is 0 Å². The lowest BCUT2D eigenvalue weighted by Crippen LogP contribution is -2.51. The molecule has 6 nitrogen and oxygen atoms in total. The largest absolute Gasteiger partial charge is 0.416 e. The molecular weight excluding hydrogens is 431 g/mol. The van der Waals surface area contributed by atoms with Crippen LogP contribution in [0.15, 0.2) is 59.5 Å². The van der Waals surface area contributed by atoms with Crippen LogP contribution in [-0.4, -0.2) is 56.3 Å². The van der Waals surface area contributed by atoms with Gasteiger partial charge in [-0.15, -0.1) is 0 Å². The third-order valence-corrected chi connectivity index (χ3v) is 7.11. The molecule has 1 fully saturated rings. The summed E-state index contributed by atoms with van der Waals surface area (Å²) < 4.78 is 64.8. The number of benzene rings is 2. The van der Waals surface area contributed by atoms with Crippen LogP contribution in [0.5, 0.6) is 0 Å². The summed E-state index contributed by atoms with van der Waals surface area (Å²) in [5.41, 5.74) is 0.0929. The van der Waals surface area contributed by atoms with E-state index in [9.17, 15) is 26.4 Å². The number of rotatable bonds is 6. The molecule has 1 aliphatic heterocycles. The Bertz CT molecular complexity index is 988. The molecule has 2 aromatic rings. The fourth-order valence-corrected chi connectivity index (χ4v) is 4.83. The molecule has 1 heterocycles. The van der Waals surface area contributed by atoms with Crippen LogP contribution in [0.4, 0.5) is 13.2 Å². The quantitative estimate of drug-likeness (QED) is 0.727. The Hall–Kier alpha value is -2.43. The highest BCUT2D eigenvalue weighted by molar-refractivity contribution is 7.89. The minimum absolute atomic E-state index is 0.143. The molecule has 0 radical (unpaired) electrons. The van der Waals surface area contributed by atoms with Crippen LogP contribution in [0.2, 0.25) is 0 Å². The number of amides is 1. The van der Waals surface area contributed by atoms with Crippen LogP contribution in [0.25, 0.3) is 0 Å². The maximum Gasteiger partial charge on any atom is 0.416 e. The second kappa shape index (κ2) is 9.37. The predicted octanol–water partition coefficient (Wildman–Crippen LogP) is 2.89. The zero-order chi connectivity index (χ0) is 22.6. The smallest absolute Gasteiger partial charge is 0.348 e. The lowest BCUT2D eigenvalue weighted by Gasteiger charge is -2.33. The molecule has 168 valence electrons. The Morgan fingerprint density at radius 3 is 2.13 bits per heavy atom. The van der Waals surface area contributed by atoms with Crippen LogP contribution in [0.1, 0.15) is 24.1 Å².